The summed E-state index contributed by atoms with van der Waals surface area (Å²) in [5, 5.41) is 2.66. The molecule has 0 aliphatic carbocycles. The number of carbonyl (C=O) groups is 1. The summed E-state index contributed by atoms with van der Waals surface area (Å²) >= 11 is 0. The van der Waals surface area contributed by atoms with Gasteiger partial charge in [-0.2, -0.15) is 0 Å². The predicted molar refractivity (Wildman–Crippen MR) is 54.8 cm³/mol. The van der Waals surface area contributed by atoms with Crippen LogP contribution in [0.5, 0.6) is 0 Å². The Bertz CT molecular complexity index is 448. The molecule has 15 heavy (non-hydrogen) atoms. The maximum Gasteiger partial charge on any atom is 0.336 e. The molecule has 80 valence electrons. The lowest BCUT2D eigenvalue weighted by atomic mass is 10.0. The van der Waals surface area contributed by atoms with E-state index in [9.17, 15) is 9.59 Å². The fourth-order valence-corrected chi connectivity index (χ4v) is 1.81. The fourth-order valence-electron chi connectivity index (χ4n) is 1.81. The lowest BCUT2D eigenvalue weighted by Crippen LogP contribution is -2.14. The van der Waals surface area contributed by atoms with Gasteiger partial charge in [0.1, 0.15) is 5.76 Å². The summed E-state index contributed by atoms with van der Waals surface area (Å²) < 4.78 is 4.97. The molecule has 1 amide bonds. The number of hydrogen-bond donors (Lipinski definition) is 1. The third-order valence-corrected chi connectivity index (χ3v) is 2.55. The van der Waals surface area contributed by atoms with Crippen LogP contribution in [0.2, 0.25) is 0 Å². The highest BCUT2D eigenvalue weighted by Crippen LogP contribution is 2.19. The van der Waals surface area contributed by atoms with Gasteiger partial charge in [-0.1, -0.05) is 13.3 Å². The minimum absolute atomic E-state index is 0.125. The van der Waals surface area contributed by atoms with Crippen molar-refractivity contribution in [3.05, 3.63) is 33.4 Å². The lowest BCUT2D eigenvalue weighted by Gasteiger charge is -2.03. The largest absolute Gasteiger partial charge is 0.425 e. The zero-order chi connectivity index (χ0) is 10.8. The molecule has 2 rings (SSSR count). The first-order chi connectivity index (χ1) is 7.22. The van der Waals surface area contributed by atoms with Gasteiger partial charge in [0.15, 0.2) is 0 Å². The van der Waals surface area contributed by atoms with E-state index in [-0.39, 0.29) is 11.5 Å². The minimum Gasteiger partial charge on any atom is -0.425 e. The maximum atomic E-state index is 11.5. The highest BCUT2D eigenvalue weighted by atomic mass is 16.4. The van der Waals surface area contributed by atoms with Gasteiger partial charge in [-0.25, -0.2) is 4.79 Å². The van der Waals surface area contributed by atoms with Crippen molar-refractivity contribution >= 4 is 5.91 Å². The van der Waals surface area contributed by atoms with Crippen molar-refractivity contribution in [3.63, 3.8) is 0 Å². The smallest absolute Gasteiger partial charge is 0.336 e. The summed E-state index contributed by atoms with van der Waals surface area (Å²) in [6, 6.07) is 1.43. The Morgan fingerprint density at radius 3 is 3.00 bits per heavy atom. The number of carbonyl (C=O) groups excluding carboxylic acids is 1. The molecule has 1 aromatic rings. The van der Waals surface area contributed by atoms with E-state index in [4.69, 9.17) is 4.42 Å². The molecule has 4 heteroatoms. The van der Waals surface area contributed by atoms with Gasteiger partial charge in [-0.3, -0.25) is 4.79 Å². The zero-order valence-electron chi connectivity index (χ0n) is 8.63. The first kappa shape index (κ1) is 9.96. The molecule has 0 unspecified atom stereocenters. The number of rotatable bonds is 3. The van der Waals surface area contributed by atoms with Gasteiger partial charge in [0.2, 0.25) is 0 Å². The monoisotopic (exact) mass is 207 g/mol. The Labute approximate surface area is 87.3 Å². The topological polar surface area (TPSA) is 59.3 Å². The van der Waals surface area contributed by atoms with Gasteiger partial charge >= 0.3 is 5.63 Å². The molecule has 1 aliphatic heterocycles. The van der Waals surface area contributed by atoms with Crippen molar-refractivity contribution in [2.24, 2.45) is 0 Å². The summed E-state index contributed by atoms with van der Waals surface area (Å²) in [5.41, 5.74) is 1.03. The van der Waals surface area contributed by atoms with E-state index in [1.54, 1.807) is 0 Å². The molecule has 1 N–H and O–H groups in total. The first-order valence-electron chi connectivity index (χ1n) is 5.16. The van der Waals surface area contributed by atoms with Crippen LogP contribution in [-0.4, -0.2) is 5.91 Å². The zero-order valence-corrected chi connectivity index (χ0v) is 8.63. The van der Waals surface area contributed by atoms with Gasteiger partial charge in [0.25, 0.3) is 5.91 Å². The Kier molecular flexibility index (Phi) is 2.58. The number of fused-ring (bicyclic) bond motifs is 1. The van der Waals surface area contributed by atoms with Gasteiger partial charge in [-0.15, -0.1) is 0 Å². The molecule has 0 saturated heterocycles. The summed E-state index contributed by atoms with van der Waals surface area (Å²) in [4.78, 5) is 22.7. The van der Waals surface area contributed by atoms with Crippen LogP contribution in [0, 0.1) is 0 Å². The highest BCUT2D eigenvalue weighted by molar-refractivity contribution is 5.98. The Balaban J connectivity index is 2.44. The molecule has 1 aliphatic rings. The molecule has 0 atom stereocenters. The van der Waals surface area contributed by atoms with Crippen LogP contribution in [0.3, 0.4) is 0 Å². The molecule has 0 fully saturated rings. The molecule has 2 heterocycles. The standard InChI is InChI=1S/C11H13NO3/c1-2-3-4-7-5-9(13)15-8-6-12-11(14)10(7)8/h5H,2-4,6H2,1H3,(H,12,14). The van der Waals surface area contributed by atoms with Crippen molar-refractivity contribution < 1.29 is 9.21 Å². The second-order valence-electron chi connectivity index (χ2n) is 3.68. The second kappa shape index (κ2) is 3.88. The number of unbranched alkanes of at least 4 members (excludes halogenated alkanes) is 1. The molecule has 0 spiro atoms. The number of aryl methyl sites for hydroxylation is 1. The van der Waals surface area contributed by atoms with Crippen molar-refractivity contribution in [1.82, 2.24) is 5.32 Å². The molecule has 4 nitrogen and oxygen atoms in total. The van der Waals surface area contributed by atoms with Crippen LogP contribution in [-0.2, 0) is 13.0 Å². The second-order valence-corrected chi connectivity index (χ2v) is 3.68. The van der Waals surface area contributed by atoms with Gasteiger partial charge < -0.3 is 9.73 Å². The van der Waals surface area contributed by atoms with Gasteiger partial charge in [-0.05, 0) is 18.4 Å². The SMILES string of the molecule is CCCCc1cc(=O)oc2c1C(=O)NC2. The number of hydrogen-bond acceptors (Lipinski definition) is 3. The van der Waals surface area contributed by atoms with E-state index in [0.29, 0.717) is 17.9 Å². The maximum absolute atomic E-state index is 11.5. The third kappa shape index (κ3) is 1.79. The van der Waals surface area contributed by atoms with E-state index >= 15 is 0 Å². The van der Waals surface area contributed by atoms with E-state index < -0.39 is 0 Å². The Hall–Kier alpha value is -1.58. The number of nitrogens with one attached hydrogen (secondary N) is 1. The van der Waals surface area contributed by atoms with Crippen molar-refractivity contribution in [2.45, 2.75) is 32.7 Å². The molecular weight excluding hydrogens is 194 g/mol. The van der Waals surface area contributed by atoms with Crippen LogP contribution < -0.4 is 10.9 Å². The normalized spacial score (nSPS) is 13.8. The molecule has 0 radical (unpaired) electrons. The molecular formula is C11H13NO3. The van der Waals surface area contributed by atoms with Gasteiger partial charge in [0.05, 0.1) is 12.1 Å². The van der Waals surface area contributed by atoms with Gasteiger partial charge in [0, 0.05) is 6.07 Å². The average Bonchev–Trinajstić information content (AvgIpc) is 2.56. The quantitative estimate of drug-likeness (QED) is 0.810. The minimum atomic E-state index is -0.364. The predicted octanol–water partition coefficient (Wildman–Crippen LogP) is 1.23. The highest BCUT2D eigenvalue weighted by Gasteiger charge is 2.25. The summed E-state index contributed by atoms with van der Waals surface area (Å²) in [7, 11) is 0. The van der Waals surface area contributed by atoms with E-state index in [1.807, 2.05) is 0 Å². The average molecular weight is 207 g/mol. The lowest BCUT2D eigenvalue weighted by molar-refractivity contribution is 0.0965. The molecule has 0 saturated carbocycles. The van der Waals surface area contributed by atoms with Crippen LogP contribution in [0.1, 0.15) is 41.4 Å². The van der Waals surface area contributed by atoms with Crippen LogP contribution in [0.15, 0.2) is 15.3 Å². The van der Waals surface area contributed by atoms with Crippen molar-refractivity contribution in [3.8, 4) is 0 Å². The Morgan fingerprint density at radius 2 is 2.27 bits per heavy atom. The summed E-state index contributed by atoms with van der Waals surface area (Å²) in [6.45, 7) is 2.41. The van der Waals surface area contributed by atoms with E-state index in [2.05, 4.69) is 12.2 Å². The van der Waals surface area contributed by atoms with E-state index in [0.717, 1.165) is 24.8 Å². The van der Waals surface area contributed by atoms with Crippen LogP contribution in [0.4, 0.5) is 0 Å². The van der Waals surface area contributed by atoms with Crippen LogP contribution in [0.25, 0.3) is 0 Å². The fraction of sp³-hybridized carbons (Fsp3) is 0.455. The number of amides is 1. The molecule has 0 bridgehead atoms. The third-order valence-electron chi connectivity index (χ3n) is 2.55. The summed E-state index contributed by atoms with van der Waals surface area (Å²) in [5.74, 6) is 0.360. The van der Waals surface area contributed by atoms with Crippen molar-refractivity contribution in [1.29, 1.82) is 0 Å². The van der Waals surface area contributed by atoms with Crippen molar-refractivity contribution in [2.75, 3.05) is 0 Å². The summed E-state index contributed by atoms with van der Waals surface area (Å²) in [6.07, 6.45) is 2.78. The molecule has 1 aromatic heterocycles. The van der Waals surface area contributed by atoms with Crippen LogP contribution >= 0.6 is 0 Å². The first-order valence-corrected chi connectivity index (χ1v) is 5.16. The molecule has 0 aromatic carbocycles. The Morgan fingerprint density at radius 1 is 1.47 bits per heavy atom. The van der Waals surface area contributed by atoms with E-state index in [1.165, 1.54) is 6.07 Å².